The summed E-state index contributed by atoms with van der Waals surface area (Å²) >= 11 is 1.74. The maximum Gasteiger partial charge on any atom is 0.238 e. The smallest absolute Gasteiger partial charge is 0.238 e. The Kier molecular flexibility index (Phi) is 3.33. The number of amides is 1. The zero-order valence-electron chi connectivity index (χ0n) is 8.58. The van der Waals surface area contributed by atoms with Crippen LogP contribution in [0.5, 0.6) is 0 Å². The highest BCUT2D eigenvalue weighted by Gasteiger charge is 2.22. The topological polar surface area (TPSA) is 54.3 Å². The van der Waals surface area contributed by atoms with Gasteiger partial charge in [-0.25, -0.2) is 0 Å². The minimum atomic E-state index is -0.0499. The molecule has 1 fully saturated rings. The van der Waals surface area contributed by atoms with Crippen molar-refractivity contribution in [2.75, 3.05) is 11.6 Å². The molecule has 0 bridgehead atoms. The van der Waals surface area contributed by atoms with Gasteiger partial charge in [0, 0.05) is 11.6 Å². The second-order valence-electron chi connectivity index (χ2n) is 3.50. The predicted molar refractivity (Wildman–Crippen MR) is 59.5 cm³/mol. The van der Waals surface area contributed by atoms with Crippen molar-refractivity contribution in [2.45, 2.75) is 19.5 Å². The predicted octanol–water partition coefficient (Wildman–Crippen LogP) is 0.867. The Bertz CT molecular complexity index is 345. The van der Waals surface area contributed by atoms with Gasteiger partial charge < -0.3 is 9.73 Å². The van der Waals surface area contributed by atoms with Crippen LogP contribution < -0.4 is 10.6 Å². The van der Waals surface area contributed by atoms with Crippen molar-refractivity contribution < 1.29 is 9.21 Å². The number of nitrogens with one attached hydrogen (secondary N) is 2. The monoisotopic (exact) mass is 226 g/mol. The van der Waals surface area contributed by atoms with E-state index in [9.17, 15) is 4.79 Å². The number of hydrogen-bond acceptors (Lipinski definition) is 4. The number of hydrogen-bond donors (Lipinski definition) is 2. The molecule has 0 saturated carbocycles. The maximum atomic E-state index is 11.6. The first-order chi connectivity index (χ1) is 7.25. The van der Waals surface area contributed by atoms with Crippen LogP contribution in [0.1, 0.15) is 11.5 Å². The SMILES string of the molecule is Cc1ccc(CNC(=O)C2CSCN2)o1. The van der Waals surface area contributed by atoms with Crippen LogP contribution >= 0.6 is 11.8 Å². The van der Waals surface area contributed by atoms with Gasteiger partial charge in [0.2, 0.25) is 5.91 Å². The van der Waals surface area contributed by atoms with Crippen molar-refractivity contribution in [3.8, 4) is 0 Å². The third-order valence-corrected chi connectivity index (χ3v) is 3.21. The summed E-state index contributed by atoms with van der Waals surface area (Å²) in [4.78, 5) is 11.6. The van der Waals surface area contributed by atoms with E-state index in [-0.39, 0.29) is 11.9 Å². The van der Waals surface area contributed by atoms with Crippen molar-refractivity contribution in [3.05, 3.63) is 23.7 Å². The molecule has 2 N–H and O–H groups in total. The van der Waals surface area contributed by atoms with E-state index in [4.69, 9.17) is 4.42 Å². The molecule has 1 unspecified atom stereocenters. The highest BCUT2D eigenvalue weighted by molar-refractivity contribution is 7.99. The van der Waals surface area contributed by atoms with Gasteiger partial charge in [-0.15, -0.1) is 11.8 Å². The van der Waals surface area contributed by atoms with Crippen molar-refractivity contribution >= 4 is 17.7 Å². The number of thioether (sulfide) groups is 1. The summed E-state index contributed by atoms with van der Waals surface area (Å²) < 4.78 is 5.36. The Morgan fingerprint density at radius 1 is 1.73 bits per heavy atom. The summed E-state index contributed by atoms with van der Waals surface area (Å²) in [5.74, 6) is 3.43. The Hall–Kier alpha value is -0.940. The number of carbonyl (C=O) groups is 1. The third-order valence-electron chi connectivity index (χ3n) is 2.27. The summed E-state index contributed by atoms with van der Waals surface area (Å²) in [5, 5.41) is 5.96. The van der Waals surface area contributed by atoms with Gasteiger partial charge in [-0.3, -0.25) is 10.1 Å². The van der Waals surface area contributed by atoms with Crippen molar-refractivity contribution in [1.29, 1.82) is 0 Å². The van der Waals surface area contributed by atoms with Gasteiger partial charge in [-0.05, 0) is 19.1 Å². The lowest BCUT2D eigenvalue weighted by atomic mass is 10.3. The molecule has 0 aromatic carbocycles. The standard InChI is InChI=1S/C10H14N2O2S/c1-7-2-3-8(14-7)4-11-10(13)9-5-15-6-12-9/h2-3,9,12H,4-6H2,1H3,(H,11,13). The first-order valence-corrected chi connectivity index (χ1v) is 6.05. The van der Waals surface area contributed by atoms with Gasteiger partial charge in [0.1, 0.15) is 11.5 Å². The molecule has 15 heavy (non-hydrogen) atoms. The van der Waals surface area contributed by atoms with E-state index >= 15 is 0 Å². The van der Waals surface area contributed by atoms with Crippen molar-refractivity contribution in [3.63, 3.8) is 0 Å². The molecule has 5 heteroatoms. The molecule has 1 aromatic heterocycles. The van der Waals surface area contributed by atoms with Crippen LogP contribution in [0.4, 0.5) is 0 Å². The van der Waals surface area contributed by atoms with Crippen LogP contribution in [0.3, 0.4) is 0 Å². The van der Waals surface area contributed by atoms with Gasteiger partial charge in [0.25, 0.3) is 0 Å². The van der Waals surface area contributed by atoms with Gasteiger partial charge in [0.15, 0.2) is 0 Å². The summed E-state index contributed by atoms with van der Waals surface area (Å²) in [6.45, 7) is 2.36. The van der Waals surface area contributed by atoms with Gasteiger partial charge in [0.05, 0.1) is 12.6 Å². The lowest BCUT2D eigenvalue weighted by molar-refractivity contribution is -0.122. The first kappa shape index (κ1) is 10.6. The molecule has 0 spiro atoms. The lowest BCUT2D eigenvalue weighted by Crippen LogP contribution is -2.41. The molecule has 82 valence electrons. The molecule has 1 atom stereocenters. The second kappa shape index (κ2) is 4.72. The van der Waals surface area contributed by atoms with Crippen LogP contribution in [0.2, 0.25) is 0 Å². The molecule has 1 amide bonds. The number of furan rings is 1. The van der Waals surface area contributed by atoms with Crippen LogP contribution in [0.25, 0.3) is 0 Å². The largest absolute Gasteiger partial charge is 0.465 e. The summed E-state index contributed by atoms with van der Waals surface area (Å²) in [7, 11) is 0. The first-order valence-electron chi connectivity index (χ1n) is 4.90. The van der Waals surface area contributed by atoms with E-state index in [1.807, 2.05) is 19.1 Å². The molecule has 4 nitrogen and oxygen atoms in total. The molecule has 0 aliphatic carbocycles. The number of aryl methyl sites for hydroxylation is 1. The van der Waals surface area contributed by atoms with E-state index < -0.39 is 0 Å². The van der Waals surface area contributed by atoms with Crippen LogP contribution in [0.15, 0.2) is 16.5 Å². The van der Waals surface area contributed by atoms with Crippen molar-refractivity contribution in [2.24, 2.45) is 0 Å². The zero-order chi connectivity index (χ0) is 10.7. The molecule has 2 heterocycles. The fourth-order valence-electron chi connectivity index (χ4n) is 1.44. The summed E-state index contributed by atoms with van der Waals surface area (Å²) in [6.07, 6.45) is 0. The zero-order valence-corrected chi connectivity index (χ0v) is 9.39. The summed E-state index contributed by atoms with van der Waals surface area (Å²) in [6, 6.07) is 3.73. The van der Waals surface area contributed by atoms with E-state index in [2.05, 4.69) is 10.6 Å². The van der Waals surface area contributed by atoms with E-state index in [0.717, 1.165) is 23.2 Å². The average Bonchev–Trinajstić information content (AvgIpc) is 2.84. The molecule has 1 aromatic rings. The van der Waals surface area contributed by atoms with Crippen LogP contribution in [0, 0.1) is 6.92 Å². The summed E-state index contributed by atoms with van der Waals surface area (Å²) in [5.41, 5.74) is 0. The number of carbonyl (C=O) groups excluding carboxylic acids is 1. The molecule has 1 aliphatic rings. The van der Waals surface area contributed by atoms with E-state index in [1.54, 1.807) is 11.8 Å². The molecule has 1 saturated heterocycles. The highest BCUT2D eigenvalue weighted by Crippen LogP contribution is 2.10. The maximum absolute atomic E-state index is 11.6. The third kappa shape index (κ3) is 2.76. The molecule has 1 aliphatic heterocycles. The van der Waals surface area contributed by atoms with Gasteiger partial charge in [-0.1, -0.05) is 0 Å². The number of rotatable bonds is 3. The molecule has 2 rings (SSSR count). The minimum Gasteiger partial charge on any atom is -0.465 e. The highest BCUT2D eigenvalue weighted by atomic mass is 32.2. The molecule has 0 radical (unpaired) electrons. The average molecular weight is 226 g/mol. The Morgan fingerprint density at radius 3 is 3.20 bits per heavy atom. The van der Waals surface area contributed by atoms with Crippen LogP contribution in [-0.4, -0.2) is 23.6 Å². The Morgan fingerprint density at radius 2 is 2.60 bits per heavy atom. The van der Waals surface area contributed by atoms with E-state index in [1.165, 1.54) is 0 Å². The Labute approximate surface area is 92.8 Å². The van der Waals surface area contributed by atoms with E-state index in [0.29, 0.717) is 6.54 Å². The van der Waals surface area contributed by atoms with Gasteiger partial charge >= 0.3 is 0 Å². The Balaban J connectivity index is 1.80. The second-order valence-corrected chi connectivity index (χ2v) is 4.53. The lowest BCUT2D eigenvalue weighted by Gasteiger charge is -2.08. The normalized spacial score (nSPS) is 20.5. The van der Waals surface area contributed by atoms with Crippen molar-refractivity contribution in [1.82, 2.24) is 10.6 Å². The fourth-order valence-corrected chi connectivity index (χ4v) is 2.38. The van der Waals surface area contributed by atoms with Gasteiger partial charge in [-0.2, -0.15) is 0 Å². The fraction of sp³-hybridized carbons (Fsp3) is 0.500. The quantitative estimate of drug-likeness (QED) is 0.803. The molecular formula is C10H14N2O2S. The van der Waals surface area contributed by atoms with Crippen LogP contribution in [-0.2, 0) is 11.3 Å². The molecular weight excluding hydrogens is 212 g/mol. The minimum absolute atomic E-state index is 0.0499.